The van der Waals surface area contributed by atoms with Crippen LogP contribution in [0, 0.1) is 22.9 Å². The van der Waals surface area contributed by atoms with Gasteiger partial charge in [-0.25, -0.2) is 22.5 Å². The smallest absolute Gasteiger partial charge is 0.275 e. The summed E-state index contributed by atoms with van der Waals surface area (Å²) in [7, 11) is -4.10. The number of hydrogen-bond donors (Lipinski definition) is 1. The molecule has 0 aliphatic heterocycles. The molecule has 0 aliphatic rings. The Balaban J connectivity index is 1.82. The fourth-order valence-electron chi connectivity index (χ4n) is 2.52. The van der Waals surface area contributed by atoms with Crippen LogP contribution in [0.2, 0.25) is 5.02 Å². The summed E-state index contributed by atoms with van der Waals surface area (Å²) >= 11 is 5.92. The maximum absolute atomic E-state index is 14.3. The van der Waals surface area contributed by atoms with Crippen LogP contribution in [0.3, 0.4) is 0 Å². The van der Waals surface area contributed by atoms with Gasteiger partial charge < -0.3 is 4.57 Å². The molecular weight excluding hydrogens is 411 g/mol. The summed E-state index contributed by atoms with van der Waals surface area (Å²) in [4.78, 5) is 13.9. The predicted octanol–water partition coefficient (Wildman–Crippen LogP) is 3.36. The highest BCUT2D eigenvalue weighted by Gasteiger charge is 2.22. The number of imidazole rings is 1. The first-order valence-electron chi connectivity index (χ1n) is 7.90. The molecule has 0 fully saturated rings. The standard InChI is InChI=1S/C17H14ClFN4O4S/c1-11-14(18)7-13(8-17(11)23(24)25)28(26,27)21-9-12-2-3-16(15(19)6-12)22-5-4-20-10-22/h2-8,10,21H,9H2,1H3. The zero-order chi connectivity index (χ0) is 20.5. The van der Waals surface area contributed by atoms with Crippen molar-refractivity contribution in [2.75, 3.05) is 0 Å². The van der Waals surface area contributed by atoms with Crippen LogP contribution in [0.4, 0.5) is 10.1 Å². The van der Waals surface area contributed by atoms with E-state index in [9.17, 15) is 22.9 Å². The monoisotopic (exact) mass is 424 g/mol. The molecule has 1 N–H and O–H groups in total. The van der Waals surface area contributed by atoms with Gasteiger partial charge in [0.1, 0.15) is 5.82 Å². The molecule has 0 amide bonds. The van der Waals surface area contributed by atoms with Crippen LogP contribution in [0.5, 0.6) is 0 Å². The summed E-state index contributed by atoms with van der Waals surface area (Å²) in [5, 5.41) is 11.0. The highest BCUT2D eigenvalue weighted by atomic mass is 35.5. The van der Waals surface area contributed by atoms with Gasteiger partial charge in [-0.2, -0.15) is 0 Å². The predicted molar refractivity (Wildman–Crippen MR) is 100 cm³/mol. The van der Waals surface area contributed by atoms with E-state index in [-0.39, 0.29) is 27.7 Å². The zero-order valence-electron chi connectivity index (χ0n) is 14.5. The average molecular weight is 425 g/mol. The van der Waals surface area contributed by atoms with Gasteiger partial charge in [0.2, 0.25) is 10.0 Å². The van der Waals surface area contributed by atoms with Gasteiger partial charge in [-0.3, -0.25) is 10.1 Å². The van der Waals surface area contributed by atoms with Crippen molar-refractivity contribution in [1.29, 1.82) is 0 Å². The van der Waals surface area contributed by atoms with Gasteiger partial charge in [0.25, 0.3) is 5.69 Å². The summed E-state index contributed by atoms with van der Waals surface area (Å²) in [6, 6.07) is 6.32. The van der Waals surface area contributed by atoms with Crippen LogP contribution in [0.1, 0.15) is 11.1 Å². The van der Waals surface area contributed by atoms with Crippen molar-refractivity contribution in [2.24, 2.45) is 0 Å². The van der Waals surface area contributed by atoms with Crippen molar-refractivity contribution in [3.63, 3.8) is 0 Å². The normalized spacial score (nSPS) is 11.5. The summed E-state index contributed by atoms with van der Waals surface area (Å²) in [6.07, 6.45) is 4.52. The number of hydrogen-bond acceptors (Lipinski definition) is 5. The molecule has 0 atom stereocenters. The fraction of sp³-hybridized carbons (Fsp3) is 0.118. The molecule has 0 aliphatic carbocycles. The van der Waals surface area contributed by atoms with Crippen LogP contribution in [0.15, 0.2) is 53.9 Å². The maximum atomic E-state index is 14.3. The van der Waals surface area contributed by atoms with E-state index in [0.717, 1.165) is 12.1 Å². The van der Waals surface area contributed by atoms with Gasteiger partial charge in [0.05, 0.1) is 26.9 Å². The molecule has 0 saturated carbocycles. The SMILES string of the molecule is Cc1c(Cl)cc(S(=O)(=O)NCc2ccc(-n3ccnc3)c(F)c2)cc1[N+](=O)[O-]. The second-order valence-corrected chi connectivity index (χ2v) is 8.06. The van der Waals surface area contributed by atoms with Crippen molar-refractivity contribution in [3.05, 3.63) is 81.1 Å². The van der Waals surface area contributed by atoms with E-state index in [4.69, 9.17) is 11.6 Å². The Kier molecular flexibility index (Phi) is 5.45. The van der Waals surface area contributed by atoms with E-state index in [2.05, 4.69) is 9.71 Å². The van der Waals surface area contributed by atoms with Gasteiger partial charge in [0.15, 0.2) is 0 Å². The van der Waals surface area contributed by atoms with E-state index >= 15 is 0 Å². The summed E-state index contributed by atoms with van der Waals surface area (Å²) < 4.78 is 43.0. The lowest BCUT2D eigenvalue weighted by atomic mass is 10.2. The Bertz CT molecular complexity index is 1150. The topological polar surface area (TPSA) is 107 Å². The number of benzene rings is 2. The van der Waals surface area contributed by atoms with Gasteiger partial charge in [-0.05, 0) is 30.7 Å². The minimum Gasteiger partial charge on any atom is -0.303 e. The van der Waals surface area contributed by atoms with E-state index in [1.165, 1.54) is 36.1 Å². The first-order valence-corrected chi connectivity index (χ1v) is 9.76. The number of nitro groups is 1. The Morgan fingerprint density at radius 2 is 2.07 bits per heavy atom. The van der Waals surface area contributed by atoms with E-state index in [0.29, 0.717) is 5.56 Å². The number of nitro benzene ring substituents is 1. The van der Waals surface area contributed by atoms with E-state index < -0.39 is 26.5 Å². The van der Waals surface area contributed by atoms with Crippen LogP contribution in [0.25, 0.3) is 5.69 Å². The minimum atomic E-state index is -4.10. The highest BCUT2D eigenvalue weighted by Crippen LogP contribution is 2.29. The molecule has 0 radical (unpaired) electrons. The molecule has 1 heterocycles. The van der Waals surface area contributed by atoms with Crippen LogP contribution >= 0.6 is 11.6 Å². The quantitative estimate of drug-likeness (QED) is 0.482. The van der Waals surface area contributed by atoms with Crippen molar-refractivity contribution >= 4 is 27.3 Å². The second kappa shape index (κ2) is 7.66. The molecule has 28 heavy (non-hydrogen) atoms. The number of aromatic nitrogens is 2. The maximum Gasteiger partial charge on any atom is 0.275 e. The fourth-order valence-corrected chi connectivity index (χ4v) is 3.86. The summed E-state index contributed by atoms with van der Waals surface area (Å²) in [5.41, 5.74) is 0.411. The molecule has 0 bridgehead atoms. The average Bonchev–Trinajstić information content (AvgIpc) is 3.16. The van der Waals surface area contributed by atoms with E-state index in [1.54, 1.807) is 12.3 Å². The van der Waals surface area contributed by atoms with Crippen molar-refractivity contribution in [2.45, 2.75) is 18.4 Å². The van der Waals surface area contributed by atoms with Crippen molar-refractivity contribution in [1.82, 2.24) is 14.3 Å². The van der Waals surface area contributed by atoms with Crippen LogP contribution in [-0.4, -0.2) is 22.9 Å². The third-order valence-corrected chi connectivity index (χ3v) is 5.83. The zero-order valence-corrected chi connectivity index (χ0v) is 16.0. The lowest BCUT2D eigenvalue weighted by Crippen LogP contribution is -2.23. The first-order chi connectivity index (χ1) is 13.2. The molecule has 0 unspecified atom stereocenters. The number of nitrogens with zero attached hydrogens (tertiary/aromatic N) is 3. The van der Waals surface area contributed by atoms with Gasteiger partial charge in [-0.1, -0.05) is 17.7 Å². The number of rotatable bonds is 6. The molecule has 2 aromatic carbocycles. The first kappa shape index (κ1) is 19.9. The van der Waals surface area contributed by atoms with Gasteiger partial charge >= 0.3 is 0 Å². The molecule has 3 rings (SSSR count). The summed E-state index contributed by atoms with van der Waals surface area (Å²) in [6.45, 7) is 1.22. The largest absolute Gasteiger partial charge is 0.303 e. The molecule has 0 spiro atoms. The Morgan fingerprint density at radius 3 is 2.68 bits per heavy atom. The number of sulfonamides is 1. The third kappa shape index (κ3) is 4.03. The summed E-state index contributed by atoms with van der Waals surface area (Å²) in [5.74, 6) is -0.552. The third-order valence-electron chi connectivity index (χ3n) is 4.06. The molecule has 0 saturated heterocycles. The molecule has 1 aromatic heterocycles. The Morgan fingerprint density at radius 1 is 1.32 bits per heavy atom. The van der Waals surface area contributed by atoms with Gasteiger partial charge in [0, 0.05) is 30.6 Å². The Labute approximate surface area is 164 Å². The van der Waals surface area contributed by atoms with Gasteiger partial charge in [-0.15, -0.1) is 0 Å². The van der Waals surface area contributed by atoms with Crippen LogP contribution < -0.4 is 4.72 Å². The number of halogens is 2. The molecular formula is C17H14ClFN4O4S. The minimum absolute atomic E-state index is 0.0368. The molecule has 146 valence electrons. The van der Waals surface area contributed by atoms with Crippen molar-refractivity contribution < 1.29 is 17.7 Å². The highest BCUT2D eigenvalue weighted by molar-refractivity contribution is 7.89. The lowest BCUT2D eigenvalue weighted by molar-refractivity contribution is -0.385. The van der Waals surface area contributed by atoms with Crippen molar-refractivity contribution in [3.8, 4) is 5.69 Å². The number of nitrogens with one attached hydrogen (secondary N) is 1. The molecule has 11 heteroatoms. The Hall–Kier alpha value is -2.82. The molecule has 3 aromatic rings. The lowest BCUT2D eigenvalue weighted by Gasteiger charge is -2.10. The second-order valence-electron chi connectivity index (χ2n) is 5.89. The van der Waals surface area contributed by atoms with Crippen LogP contribution in [-0.2, 0) is 16.6 Å². The molecule has 8 nitrogen and oxygen atoms in total. The van der Waals surface area contributed by atoms with E-state index in [1.807, 2.05) is 0 Å².